The van der Waals surface area contributed by atoms with Gasteiger partial charge in [-0.1, -0.05) is 27.7 Å². The molecule has 100 valence electrons. The van der Waals surface area contributed by atoms with Crippen molar-refractivity contribution < 1.29 is 4.79 Å². The minimum Gasteiger partial charge on any atom is -0.379 e. The fourth-order valence-electron chi connectivity index (χ4n) is 0.980. The number of rotatable bonds is 3. The van der Waals surface area contributed by atoms with Gasteiger partial charge in [-0.3, -0.25) is 10.2 Å². The first kappa shape index (κ1) is 18.2. The van der Waals surface area contributed by atoms with Crippen LogP contribution in [0.15, 0.2) is 25.6 Å². The molecule has 0 saturated carbocycles. The van der Waals surface area contributed by atoms with Crippen LogP contribution in [0.2, 0.25) is 0 Å². The number of thioether (sulfide) groups is 1. The molecule has 0 radical (unpaired) electrons. The lowest BCUT2D eigenvalue weighted by atomic mass is 10.3. The van der Waals surface area contributed by atoms with Crippen LogP contribution in [0.1, 0.15) is 0 Å². The number of amides is 1. The average molecular weight is 482 g/mol. The SMILES string of the molecule is Cl.N=C(N)SCC(=O)Nc1c(Br)cc(Br)cc1Br. The van der Waals surface area contributed by atoms with Crippen LogP contribution in [-0.4, -0.2) is 16.8 Å². The summed E-state index contributed by atoms with van der Waals surface area (Å²) in [5.41, 5.74) is 5.81. The van der Waals surface area contributed by atoms with Crippen LogP contribution >= 0.6 is 72.0 Å². The normalized spacial score (nSPS) is 9.50. The van der Waals surface area contributed by atoms with Gasteiger partial charge in [0, 0.05) is 13.4 Å². The van der Waals surface area contributed by atoms with E-state index in [1.807, 2.05) is 12.1 Å². The summed E-state index contributed by atoms with van der Waals surface area (Å²) in [4.78, 5) is 11.6. The van der Waals surface area contributed by atoms with Crippen LogP contribution in [0.25, 0.3) is 0 Å². The van der Waals surface area contributed by atoms with Gasteiger partial charge in [-0.15, -0.1) is 12.4 Å². The summed E-state index contributed by atoms with van der Waals surface area (Å²) in [6, 6.07) is 3.66. The molecule has 0 aromatic heterocycles. The van der Waals surface area contributed by atoms with Crippen molar-refractivity contribution in [2.24, 2.45) is 5.73 Å². The summed E-state index contributed by atoms with van der Waals surface area (Å²) < 4.78 is 2.42. The molecule has 0 bridgehead atoms. The maximum absolute atomic E-state index is 11.6. The molecule has 0 aliphatic carbocycles. The highest BCUT2D eigenvalue weighted by Crippen LogP contribution is 2.34. The predicted molar refractivity (Wildman–Crippen MR) is 89.8 cm³/mol. The van der Waals surface area contributed by atoms with Gasteiger partial charge in [-0.25, -0.2) is 0 Å². The number of carbonyl (C=O) groups excluding carboxylic acids is 1. The number of carbonyl (C=O) groups is 1. The maximum Gasteiger partial charge on any atom is 0.234 e. The summed E-state index contributed by atoms with van der Waals surface area (Å²) in [6.45, 7) is 0. The molecule has 0 unspecified atom stereocenters. The molecule has 0 aliphatic heterocycles. The number of benzene rings is 1. The van der Waals surface area contributed by atoms with E-state index in [0.717, 1.165) is 25.2 Å². The predicted octanol–water partition coefficient (Wildman–Crippen LogP) is 3.96. The van der Waals surface area contributed by atoms with E-state index >= 15 is 0 Å². The highest BCUT2D eigenvalue weighted by atomic mass is 79.9. The molecule has 0 atom stereocenters. The zero-order valence-corrected chi connectivity index (χ0v) is 15.2. The zero-order valence-electron chi connectivity index (χ0n) is 8.80. The van der Waals surface area contributed by atoms with Gasteiger partial charge in [0.1, 0.15) is 0 Å². The van der Waals surface area contributed by atoms with Crippen molar-refractivity contribution in [1.29, 1.82) is 5.41 Å². The van der Waals surface area contributed by atoms with E-state index in [1.165, 1.54) is 0 Å². The molecule has 1 aromatic carbocycles. The summed E-state index contributed by atoms with van der Waals surface area (Å²) in [5.74, 6) is -0.0986. The molecule has 0 saturated heterocycles. The first-order valence-electron chi connectivity index (χ1n) is 4.31. The summed E-state index contributed by atoms with van der Waals surface area (Å²) in [5, 5.41) is 9.68. The number of hydrogen-bond acceptors (Lipinski definition) is 3. The minimum atomic E-state index is -0.214. The molecule has 0 spiro atoms. The minimum absolute atomic E-state index is 0. The van der Waals surface area contributed by atoms with E-state index in [9.17, 15) is 4.79 Å². The number of anilines is 1. The Morgan fingerprint density at radius 2 is 1.83 bits per heavy atom. The van der Waals surface area contributed by atoms with Gasteiger partial charge in [0.2, 0.25) is 5.91 Å². The number of nitrogens with two attached hydrogens (primary N) is 1. The lowest BCUT2D eigenvalue weighted by Gasteiger charge is -2.10. The molecule has 0 aliphatic rings. The Morgan fingerprint density at radius 1 is 1.33 bits per heavy atom. The third-order valence-electron chi connectivity index (χ3n) is 1.63. The number of halogens is 4. The number of nitrogens with one attached hydrogen (secondary N) is 2. The molecule has 1 rings (SSSR count). The Kier molecular flexibility index (Phi) is 8.53. The monoisotopic (exact) mass is 479 g/mol. The summed E-state index contributed by atoms with van der Waals surface area (Å²) >= 11 is 11.0. The standard InChI is InChI=1S/C9H8Br3N3OS.ClH/c10-4-1-5(11)8(6(12)2-4)15-7(16)3-17-9(13)14;/h1-2H,3H2,(H3,13,14)(H,15,16);1H. The Hall–Kier alpha value is 0.240. The number of hydrogen-bond donors (Lipinski definition) is 3. The molecule has 18 heavy (non-hydrogen) atoms. The van der Waals surface area contributed by atoms with Crippen molar-refractivity contribution >= 4 is 88.7 Å². The quantitative estimate of drug-likeness (QED) is 0.451. The van der Waals surface area contributed by atoms with Gasteiger partial charge in [-0.2, -0.15) is 0 Å². The molecule has 1 aromatic rings. The van der Waals surface area contributed by atoms with E-state index in [4.69, 9.17) is 11.1 Å². The van der Waals surface area contributed by atoms with Crippen molar-refractivity contribution in [1.82, 2.24) is 0 Å². The van der Waals surface area contributed by atoms with Crippen LogP contribution in [-0.2, 0) is 4.79 Å². The molecular formula is C9H9Br3ClN3OS. The second kappa shape index (κ2) is 8.42. The third-order valence-corrected chi connectivity index (χ3v) is 4.06. The molecule has 0 fully saturated rings. The molecule has 4 nitrogen and oxygen atoms in total. The largest absolute Gasteiger partial charge is 0.379 e. The Morgan fingerprint density at radius 3 is 2.28 bits per heavy atom. The smallest absolute Gasteiger partial charge is 0.234 e. The van der Waals surface area contributed by atoms with Crippen LogP contribution in [0, 0.1) is 5.41 Å². The molecule has 9 heteroatoms. The highest BCUT2D eigenvalue weighted by molar-refractivity contribution is 9.11. The number of amidine groups is 1. The van der Waals surface area contributed by atoms with Gasteiger partial charge >= 0.3 is 0 Å². The van der Waals surface area contributed by atoms with Gasteiger partial charge in [0.25, 0.3) is 0 Å². The van der Waals surface area contributed by atoms with Gasteiger partial charge in [0.05, 0.1) is 11.4 Å². The fourth-order valence-corrected chi connectivity index (χ4v) is 3.80. The second-order valence-electron chi connectivity index (χ2n) is 2.95. The first-order chi connectivity index (χ1) is 7.90. The lowest BCUT2D eigenvalue weighted by molar-refractivity contribution is -0.113. The fraction of sp³-hybridized carbons (Fsp3) is 0.111. The van der Waals surface area contributed by atoms with Crippen LogP contribution in [0.4, 0.5) is 5.69 Å². The summed E-state index contributed by atoms with van der Waals surface area (Å²) in [7, 11) is 0. The van der Waals surface area contributed by atoms with E-state index in [1.54, 1.807) is 0 Å². The van der Waals surface area contributed by atoms with Crippen molar-refractivity contribution in [3.05, 3.63) is 25.6 Å². The topological polar surface area (TPSA) is 79.0 Å². The molecular weight excluding hydrogens is 473 g/mol. The van der Waals surface area contributed by atoms with E-state index in [0.29, 0.717) is 5.69 Å². The Bertz CT molecular complexity index is 449. The summed E-state index contributed by atoms with van der Waals surface area (Å²) in [6.07, 6.45) is 0. The molecule has 0 heterocycles. The van der Waals surface area contributed by atoms with E-state index in [-0.39, 0.29) is 29.2 Å². The average Bonchev–Trinajstić information content (AvgIpc) is 2.20. The van der Waals surface area contributed by atoms with E-state index in [2.05, 4.69) is 53.1 Å². The Balaban J connectivity index is 0.00000289. The van der Waals surface area contributed by atoms with Crippen molar-refractivity contribution in [2.45, 2.75) is 0 Å². The van der Waals surface area contributed by atoms with Crippen LogP contribution in [0.3, 0.4) is 0 Å². The van der Waals surface area contributed by atoms with Gasteiger partial charge in [-0.05, 0) is 44.0 Å². The molecule has 1 amide bonds. The third kappa shape index (κ3) is 5.92. The van der Waals surface area contributed by atoms with Crippen LogP contribution in [0.5, 0.6) is 0 Å². The Labute approximate surface area is 140 Å². The maximum atomic E-state index is 11.6. The highest BCUT2D eigenvalue weighted by Gasteiger charge is 2.10. The lowest BCUT2D eigenvalue weighted by Crippen LogP contribution is -2.17. The van der Waals surface area contributed by atoms with Gasteiger partial charge in [0.15, 0.2) is 5.17 Å². The first-order valence-corrected chi connectivity index (χ1v) is 7.68. The van der Waals surface area contributed by atoms with E-state index < -0.39 is 0 Å². The van der Waals surface area contributed by atoms with Crippen molar-refractivity contribution in [3.8, 4) is 0 Å². The second-order valence-corrected chi connectivity index (χ2v) is 6.59. The van der Waals surface area contributed by atoms with Crippen molar-refractivity contribution in [2.75, 3.05) is 11.1 Å². The van der Waals surface area contributed by atoms with Crippen molar-refractivity contribution in [3.63, 3.8) is 0 Å². The molecule has 4 N–H and O–H groups in total. The van der Waals surface area contributed by atoms with Crippen LogP contribution < -0.4 is 11.1 Å². The zero-order chi connectivity index (χ0) is 13.0. The van der Waals surface area contributed by atoms with Gasteiger partial charge < -0.3 is 11.1 Å².